The van der Waals surface area contributed by atoms with Gasteiger partial charge in [-0.1, -0.05) is 19.3 Å². The van der Waals surface area contributed by atoms with E-state index in [2.05, 4.69) is 26.1 Å². The van der Waals surface area contributed by atoms with Crippen molar-refractivity contribution in [1.29, 1.82) is 0 Å². The summed E-state index contributed by atoms with van der Waals surface area (Å²) in [6.45, 7) is 6.81. The lowest BCUT2D eigenvalue weighted by atomic mass is 9.78. The Labute approximate surface area is 128 Å². The van der Waals surface area contributed by atoms with E-state index < -0.39 is 11.5 Å². The fourth-order valence-corrected chi connectivity index (χ4v) is 3.10. The van der Waals surface area contributed by atoms with Crippen molar-refractivity contribution < 1.29 is 14.7 Å². The highest BCUT2D eigenvalue weighted by Crippen LogP contribution is 2.36. The first-order chi connectivity index (χ1) is 9.66. The Bertz CT molecular complexity index is 368. The largest absolute Gasteiger partial charge is 0.481 e. The van der Waals surface area contributed by atoms with Gasteiger partial charge in [-0.2, -0.15) is 0 Å². The van der Waals surface area contributed by atoms with Crippen molar-refractivity contribution in [3.8, 4) is 0 Å². The molecule has 1 amide bonds. The molecule has 0 radical (unpaired) electrons. The maximum absolute atomic E-state index is 12.4. The fraction of sp³-hybridized carbons (Fsp3) is 0.875. The van der Waals surface area contributed by atoms with E-state index in [4.69, 9.17) is 0 Å². The van der Waals surface area contributed by atoms with Crippen molar-refractivity contribution in [2.75, 3.05) is 13.6 Å². The molecule has 0 atom stereocenters. The Hall–Kier alpha value is -1.10. The summed E-state index contributed by atoms with van der Waals surface area (Å²) in [6.07, 6.45) is 5.21. The van der Waals surface area contributed by atoms with E-state index >= 15 is 0 Å². The number of hydrogen-bond donors (Lipinski definition) is 2. The predicted molar refractivity (Wildman–Crippen MR) is 83.2 cm³/mol. The van der Waals surface area contributed by atoms with E-state index in [-0.39, 0.29) is 17.9 Å². The Kier molecular flexibility index (Phi) is 6.20. The molecular weight excluding hydrogens is 268 g/mol. The Morgan fingerprint density at radius 1 is 1.19 bits per heavy atom. The molecule has 122 valence electrons. The minimum atomic E-state index is -0.815. The predicted octanol–water partition coefficient (Wildman–Crippen LogP) is 2.40. The van der Waals surface area contributed by atoms with E-state index in [0.717, 1.165) is 32.1 Å². The number of hydrogen-bond acceptors (Lipinski definition) is 3. The summed E-state index contributed by atoms with van der Waals surface area (Å²) in [5, 5.41) is 12.5. The molecule has 0 heterocycles. The van der Waals surface area contributed by atoms with Crippen LogP contribution in [0.1, 0.15) is 65.7 Å². The van der Waals surface area contributed by atoms with Crippen molar-refractivity contribution in [2.24, 2.45) is 0 Å². The lowest BCUT2D eigenvalue weighted by Crippen LogP contribution is -2.52. The van der Waals surface area contributed by atoms with Crippen molar-refractivity contribution in [2.45, 2.75) is 76.8 Å². The number of rotatable bonds is 6. The number of nitrogens with zero attached hydrogens (tertiary/aromatic N) is 1. The van der Waals surface area contributed by atoms with Gasteiger partial charge >= 0.3 is 5.97 Å². The number of amides is 1. The van der Waals surface area contributed by atoms with Gasteiger partial charge < -0.3 is 15.3 Å². The van der Waals surface area contributed by atoms with Crippen molar-refractivity contribution in [1.82, 2.24) is 10.2 Å². The summed E-state index contributed by atoms with van der Waals surface area (Å²) in [5.74, 6) is -0.778. The van der Waals surface area contributed by atoms with Crippen LogP contribution < -0.4 is 5.32 Å². The zero-order valence-corrected chi connectivity index (χ0v) is 13.9. The van der Waals surface area contributed by atoms with Crippen molar-refractivity contribution >= 4 is 11.9 Å². The second kappa shape index (κ2) is 7.25. The minimum Gasteiger partial charge on any atom is -0.481 e. The number of carbonyl (C=O) groups excluding carboxylic acids is 1. The number of carbonyl (C=O) groups is 2. The number of carboxylic acids is 1. The summed E-state index contributed by atoms with van der Waals surface area (Å²) in [7, 11) is 1.77. The van der Waals surface area contributed by atoms with E-state index in [0.29, 0.717) is 13.0 Å². The molecule has 1 rings (SSSR count). The third-order valence-electron chi connectivity index (χ3n) is 4.34. The molecule has 0 aromatic heterocycles. The number of nitrogens with one attached hydrogen (secondary N) is 1. The number of aliphatic carboxylic acids is 1. The summed E-state index contributed by atoms with van der Waals surface area (Å²) in [5.41, 5.74) is -0.495. The van der Waals surface area contributed by atoms with Gasteiger partial charge in [0.1, 0.15) is 0 Å². The van der Waals surface area contributed by atoms with Gasteiger partial charge in [-0.3, -0.25) is 9.59 Å². The lowest BCUT2D eigenvalue weighted by Gasteiger charge is -2.44. The molecule has 0 aromatic rings. The molecule has 0 unspecified atom stereocenters. The van der Waals surface area contributed by atoms with E-state index in [1.54, 1.807) is 11.9 Å². The Balaban J connectivity index is 2.64. The van der Waals surface area contributed by atoms with Crippen LogP contribution in [0.2, 0.25) is 0 Å². The molecule has 1 aliphatic carbocycles. The highest BCUT2D eigenvalue weighted by atomic mass is 16.4. The van der Waals surface area contributed by atoms with Gasteiger partial charge in [0.2, 0.25) is 5.91 Å². The minimum absolute atomic E-state index is 0.0115. The smallest absolute Gasteiger partial charge is 0.305 e. The second-order valence-corrected chi connectivity index (χ2v) is 7.24. The second-order valence-electron chi connectivity index (χ2n) is 7.24. The molecule has 5 heteroatoms. The molecule has 0 aliphatic heterocycles. The van der Waals surface area contributed by atoms with Gasteiger partial charge in [-0.15, -0.1) is 0 Å². The van der Waals surface area contributed by atoms with Crippen LogP contribution in [0.3, 0.4) is 0 Å². The summed E-state index contributed by atoms with van der Waals surface area (Å²) < 4.78 is 0. The van der Waals surface area contributed by atoms with Gasteiger partial charge in [-0.25, -0.2) is 0 Å². The number of carboxylic acid groups (broad SMARTS) is 1. The van der Waals surface area contributed by atoms with Crippen molar-refractivity contribution in [3.05, 3.63) is 0 Å². The first-order valence-electron chi connectivity index (χ1n) is 7.90. The molecule has 21 heavy (non-hydrogen) atoms. The first-order valence-corrected chi connectivity index (χ1v) is 7.90. The zero-order chi connectivity index (χ0) is 16.1. The van der Waals surface area contributed by atoms with Gasteiger partial charge in [0.05, 0.1) is 12.0 Å². The highest BCUT2D eigenvalue weighted by Gasteiger charge is 2.40. The van der Waals surface area contributed by atoms with Crippen LogP contribution in [0.25, 0.3) is 0 Å². The molecule has 1 saturated carbocycles. The highest BCUT2D eigenvalue weighted by molar-refractivity contribution is 5.78. The van der Waals surface area contributed by atoms with Crippen LogP contribution in [-0.2, 0) is 9.59 Å². The van der Waals surface area contributed by atoms with Crippen LogP contribution in [-0.4, -0.2) is 46.6 Å². The SMILES string of the molecule is CN(C(=O)CCNC(C)(C)C)C1(CC(=O)O)CCCCC1. The molecule has 2 N–H and O–H groups in total. The standard InChI is InChI=1S/C16H30N2O3/c1-15(2,3)17-11-8-13(19)18(4)16(12-14(20)21)9-6-5-7-10-16/h17H,5-12H2,1-4H3,(H,20,21). The molecule has 0 bridgehead atoms. The fourth-order valence-electron chi connectivity index (χ4n) is 3.10. The van der Waals surface area contributed by atoms with Crippen LogP contribution in [0, 0.1) is 0 Å². The third-order valence-corrected chi connectivity index (χ3v) is 4.34. The van der Waals surface area contributed by atoms with E-state index in [1.807, 2.05) is 0 Å². The van der Waals surface area contributed by atoms with Crippen LogP contribution in [0.5, 0.6) is 0 Å². The average molecular weight is 298 g/mol. The lowest BCUT2D eigenvalue weighted by molar-refractivity contribution is -0.145. The van der Waals surface area contributed by atoms with Gasteiger partial charge in [-0.05, 0) is 33.6 Å². The molecule has 0 aromatic carbocycles. The zero-order valence-electron chi connectivity index (χ0n) is 13.9. The van der Waals surface area contributed by atoms with Crippen LogP contribution in [0.4, 0.5) is 0 Å². The molecule has 0 saturated heterocycles. The monoisotopic (exact) mass is 298 g/mol. The van der Waals surface area contributed by atoms with Crippen molar-refractivity contribution in [3.63, 3.8) is 0 Å². The quantitative estimate of drug-likeness (QED) is 0.790. The van der Waals surface area contributed by atoms with E-state index in [9.17, 15) is 14.7 Å². The van der Waals surface area contributed by atoms with Gasteiger partial charge in [0.25, 0.3) is 0 Å². The summed E-state index contributed by atoms with van der Waals surface area (Å²) in [6, 6.07) is 0. The molecule has 1 fully saturated rings. The maximum atomic E-state index is 12.4. The molecule has 0 spiro atoms. The topological polar surface area (TPSA) is 69.6 Å². The summed E-state index contributed by atoms with van der Waals surface area (Å²) in [4.78, 5) is 25.3. The Morgan fingerprint density at radius 3 is 2.24 bits per heavy atom. The van der Waals surface area contributed by atoms with Gasteiger partial charge in [0, 0.05) is 25.6 Å². The third kappa shape index (κ3) is 5.65. The molecule has 1 aliphatic rings. The van der Waals surface area contributed by atoms with Crippen LogP contribution >= 0.6 is 0 Å². The van der Waals surface area contributed by atoms with Crippen LogP contribution in [0.15, 0.2) is 0 Å². The maximum Gasteiger partial charge on any atom is 0.305 e. The van der Waals surface area contributed by atoms with E-state index in [1.165, 1.54) is 0 Å². The first kappa shape index (κ1) is 18.0. The Morgan fingerprint density at radius 2 is 1.76 bits per heavy atom. The molecular formula is C16H30N2O3. The molecule has 5 nitrogen and oxygen atoms in total. The normalized spacial score (nSPS) is 18.3. The average Bonchev–Trinajstić information content (AvgIpc) is 2.36. The summed E-state index contributed by atoms with van der Waals surface area (Å²) >= 11 is 0. The van der Waals surface area contributed by atoms with Gasteiger partial charge in [0.15, 0.2) is 0 Å².